The van der Waals surface area contributed by atoms with Crippen LogP contribution in [0.15, 0.2) is 46.8 Å². The third kappa shape index (κ3) is 7.75. The smallest absolute Gasteiger partial charge is 0.182 e. The molecule has 10 aliphatic rings. The number of dihydropyridines is 1. The minimum Gasteiger partial charge on any atom is -0.396 e. The molecule has 20 atom stereocenters. The number of hydrogen-bond donors (Lipinski definition) is 12. The summed E-state index contributed by atoms with van der Waals surface area (Å²) in [5.41, 5.74) is -1.18. The lowest BCUT2D eigenvalue weighted by atomic mass is 9.38. The quantitative estimate of drug-likeness (QED) is 0.123. The second kappa shape index (κ2) is 18.9. The van der Waals surface area contributed by atoms with E-state index in [0.717, 1.165) is 62.6 Å². The zero-order valence-corrected chi connectivity index (χ0v) is 42.2. The fourth-order valence-electron chi connectivity index (χ4n) is 18.5. The van der Waals surface area contributed by atoms with Gasteiger partial charge in [-0.15, -0.1) is 0 Å². The van der Waals surface area contributed by atoms with Gasteiger partial charge in [-0.2, -0.15) is 0 Å². The van der Waals surface area contributed by atoms with Crippen molar-refractivity contribution in [2.24, 2.45) is 63.9 Å². The molecule has 8 aliphatic carbocycles. The van der Waals surface area contributed by atoms with Gasteiger partial charge in [0.15, 0.2) is 5.78 Å². The van der Waals surface area contributed by atoms with E-state index in [9.17, 15) is 46.0 Å². The van der Waals surface area contributed by atoms with Crippen molar-refractivity contribution in [3.63, 3.8) is 0 Å². The zero-order valence-electron chi connectivity index (χ0n) is 42.2. The van der Waals surface area contributed by atoms with Gasteiger partial charge >= 0.3 is 0 Å². The fourth-order valence-corrected chi connectivity index (χ4v) is 18.5. The summed E-state index contributed by atoms with van der Waals surface area (Å²) in [7, 11) is 0. The molecule has 13 N–H and O–H groups in total. The Bertz CT molecular complexity index is 2100. The van der Waals surface area contributed by atoms with Crippen LogP contribution in [0.25, 0.3) is 0 Å². The Labute approximate surface area is 415 Å². The summed E-state index contributed by atoms with van der Waals surface area (Å²) >= 11 is 0. The van der Waals surface area contributed by atoms with Gasteiger partial charge in [-0.25, -0.2) is 0 Å². The average molecular weight is 978 g/mol. The van der Waals surface area contributed by atoms with Crippen molar-refractivity contribution in [1.82, 2.24) is 10.6 Å². The van der Waals surface area contributed by atoms with E-state index in [1.807, 2.05) is 24.3 Å². The number of ketones is 1. The van der Waals surface area contributed by atoms with E-state index >= 15 is 4.79 Å². The first-order valence-corrected chi connectivity index (χ1v) is 27.8. The predicted octanol–water partition coefficient (Wildman–Crippen LogP) is 4.04. The van der Waals surface area contributed by atoms with Crippen LogP contribution in [0.3, 0.4) is 0 Å². The van der Waals surface area contributed by atoms with Gasteiger partial charge in [0.1, 0.15) is 5.60 Å². The van der Waals surface area contributed by atoms with Crippen molar-refractivity contribution >= 4 is 5.78 Å². The van der Waals surface area contributed by atoms with Crippen LogP contribution in [-0.4, -0.2) is 130 Å². The van der Waals surface area contributed by atoms with E-state index in [4.69, 9.17) is 10.5 Å². The minimum atomic E-state index is -1.91. The van der Waals surface area contributed by atoms with Gasteiger partial charge in [-0.1, -0.05) is 57.3 Å². The number of carbonyl (C=O) groups is 1. The highest BCUT2D eigenvalue weighted by molar-refractivity contribution is 6.00. The van der Waals surface area contributed by atoms with Gasteiger partial charge < -0.3 is 67.1 Å². The van der Waals surface area contributed by atoms with E-state index in [0.29, 0.717) is 56.4 Å². The molecule has 392 valence electrons. The molecule has 0 aromatic rings. The number of hydrogen-bond acceptors (Lipinski definition) is 14. The maximum atomic E-state index is 15.8. The van der Waals surface area contributed by atoms with Crippen molar-refractivity contribution in [2.75, 3.05) is 13.2 Å². The number of Topliss-reactive ketones (excluding diaryl/α,β-unsaturated/α-hetero) is 1. The molecule has 1 unspecified atom stereocenters. The number of fused-ring (bicyclic) bond motifs is 5. The SMILES string of the molecule is CCC[C@@H]1CC[C@H]2[C@H]3[C@@H](O[C@@H]2CC1)[C@@](O)([C@](C)(O)[C@H]1CC[C@@]2(O)C4=C(NC[C@H](C)O)C(=O)[C@@H]5C[C@@H](O)[C@@H](O)C[C@@]56C[C@H](C5=C(CCCO)NC(N)C=C5)C=C[C@@](O)(C[C@]12C1CCCC1)[C@@H]46)CCC[C@@H]3O. The normalized spacial score (nSPS) is 48.3. The summed E-state index contributed by atoms with van der Waals surface area (Å²) < 4.78 is 7.11. The van der Waals surface area contributed by atoms with Crippen LogP contribution in [0, 0.1) is 58.2 Å². The lowest BCUT2D eigenvalue weighted by molar-refractivity contribution is -0.274. The molecule has 10 rings (SSSR count). The highest BCUT2D eigenvalue weighted by Crippen LogP contribution is 2.77. The van der Waals surface area contributed by atoms with Gasteiger partial charge in [0.25, 0.3) is 0 Å². The number of ether oxygens (including phenoxy) is 1. The van der Waals surface area contributed by atoms with Crippen LogP contribution in [0.4, 0.5) is 0 Å². The number of carbonyl (C=O) groups excluding carboxylic acids is 1. The molecule has 0 radical (unpaired) electrons. The molecule has 1 spiro atoms. The van der Waals surface area contributed by atoms with Gasteiger partial charge in [0.2, 0.25) is 0 Å². The van der Waals surface area contributed by atoms with Crippen LogP contribution in [0.1, 0.15) is 156 Å². The van der Waals surface area contributed by atoms with Crippen molar-refractivity contribution < 1.29 is 55.5 Å². The predicted molar refractivity (Wildman–Crippen MR) is 263 cm³/mol. The zero-order chi connectivity index (χ0) is 49.8. The van der Waals surface area contributed by atoms with E-state index in [2.05, 4.69) is 17.6 Å². The number of aliphatic hydroxyl groups is 9. The summed E-state index contributed by atoms with van der Waals surface area (Å²) in [6.45, 7) is 5.53. The standard InChI is InChI=1S/C56H87N3O11/c1-4-9-32-14-16-36-42(18-15-32)70-50-45(36)39(62)13-7-22-56(50,69)51(3,66)43-21-24-55(68)46-47(58-29-31(2)61)48(65)37-26-40(63)41(64)28-52(37)27-33(35-17-19-44(57)59-38(35)12-8-25-60)20-23-53(67,49(46)52)30-54(43,55)34-10-5-6-11-34/h17,19-20,23,31-34,36-37,39-45,49-50,58-64,66-69H,4-16,18,21-22,24-30,57H2,1-3H3/t31-,32+,33+,36+,37-,39-,40+,41-,42+,43+,44?,45+,49-,50+,51+,52-,53+,54-,55+,56+/m0/s1. The summed E-state index contributed by atoms with van der Waals surface area (Å²) in [5.74, 6) is -3.36. The Morgan fingerprint density at radius 2 is 1.71 bits per heavy atom. The molecule has 2 heterocycles. The van der Waals surface area contributed by atoms with Crippen molar-refractivity contribution in [2.45, 2.75) is 221 Å². The van der Waals surface area contributed by atoms with Gasteiger partial charge in [0.05, 0.1) is 65.3 Å². The first kappa shape index (κ1) is 51.3. The Morgan fingerprint density at radius 1 is 0.957 bits per heavy atom. The Kier molecular flexibility index (Phi) is 13.8. The Hall–Kier alpha value is -2.21. The minimum absolute atomic E-state index is 0.0114. The van der Waals surface area contributed by atoms with Gasteiger partial charge in [0, 0.05) is 47.9 Å². The monoisotopic (exact) mass is 978 g/mol. The second-order valence-electron chi connectivity index (χ2n) is 25.0. The molecule has 7 fully saturated rings. The first-order valence-electron chi connectivity index (χ1n) is 27.8. The molecule has 0 amide bonds. The maximum absolute atomic E-state index is 15.8. The van der Waals surface area contributed by atoms with E-state index in [-0.39, 0.29) is 87.0 Å². The lowest BCUT2D eigenvalue weighted by Gasteiger charge is -2.68. The summed E-state index contributed by atoms with van der Waals surface area (Å²) in [4.78, 5) is 15.8. The van der Waals surface area contributed by atoms with Crippen LogP contribution in [-0.2, 0) is 9.53 Å². The van der Waals surface area contributed by atoms with Crippen LogP contribution in [0.5, 0.6) is 0 Å². The van der Waals surface area contributed by atoms with Crippen molar-refractivity contribution in [1.29, 1.82) is 0 Å². The Balaban J connectivity index is 1.16. The molecule has 1 saturated heterocycles. The maximum Gasteiger partial charge on any atom is 0.182 e. The summed E-state index contributed by atoms with van der Waals surface area (Å²) in [5, 5.41) is 120. The lowest BCUT2D eigenvalue weighted by Crippen LogP contribution is -2.74. The molecule has 70 heavy (non-hydrogen) atoms. The van der Waals surface area contributed by atoms with Gasteiger partial charge in [-0.3, -0.25) is 4.79 Å². The third-order valence-electron chi connectivity index (χ3n) is 21.3. The molecule has 6 saturated carbocycles. The molecule has 14 heteroatoms. The third-order valence-corrected chi connectivity index (χ3v) is 21.3. The number of nitrogens with one attached hydrogen (secondary N) is 2. The Morgan fingerprint density at radius 3 is 2.44 bits per heavy atom. The molecular weight excluding hydrogens is 891 g/mol. The molecule has 0 aromatic heterocycles. The number of nitrogens with two attached hydrogens (primary N) is 1. The second-order valence-corrected chi connectivity index (χ2v) is 25.0. The van der Waals surface area contributed by atoms with Crippen LogP contribution < -0.4 is 16.4 Å². The largest absolute Gasteiger partial charge is 0.396 e. The molecular formula is C56H87N3O11. The topological polar surface area (TPSA) is 258 Å². The fraction of sp³-hybridized carbons (Fsp3) is 0.839. The first-order chi connectivity index (χ1) is 33.3. The molecule has 2 aliphatic heterocycles. The highest BCUT2D eigenvalue weighted by Gasteiger charge is 2.80. The van der Waals surface area contributed by atoms with Crippen molar-refractivity contribution in [3.8, 4) is 0 Å². The van der Waals surface area contributed by atoms with Crippen LogP contribution in [0.2, 0.25) is 0 Å². The summed E-state index contributed by atoms with van der Waals surface area (Å²) in [6, 6.07) is 0. The van der Waals surface area contributed by atoms with Crippen LogP contribution >= 0.6 is 0 Å². The van der Waals surface area contributed by atoms with E-state index in [1.54, 1.807) is 13.8 Å². The van der Waals surface area contributed by atoms with E-state index in [1.165, 1.54) is 0 Å². The van der Waals surface area contributed by atoms with Gasteiger partial charge in [-0.05, 0) is 163 Å². The molecule has 0 aromatic carbocycles. The van der Waals surface area contributed by atoms with Crippen molar-refractivity contribution in [3.05, 3.63) is 46.8 Å². The van der Waals surface area contributed by atoms with E-state index < -0.39 is 93.6 Å². The average Bonchev–Trinajstić information content (AvgIpc) is 3.98. The number of aliphatic hydroxyl groups excluding tert-OH is 5. The molecule has 0 bridgehead atoms. The highest BCUT2D eigenvalue weighted by atomic mass is 16.5. The number of rotatable bonds is 12. The number of allylic oxidation sites excluding steroid dienone is 5. The molecule has 14 nitrogen and oxygen atoms in total. The summed E-state index contributed by atoms with van der Waals surface area (Å²) in [6.07, 6.45) is 14.2.